The van der Waals surface area contributed by atoms with Gasteiger partial charge in [0.15, 0.2) is 11.6 Å². The maximum Gasteiger partial charge on any atom is 0.410 e. The molecule has 0 atom stereocenters. The van der Waals surface area contributed by atoms with E-state index in [1.807, 2.05) is 0 Å². The van der Waals surface area contributed by atoms with Crippen molar-refractivity contribution in [1.29, 1.82) is 0 Å². The molecule has 2 aromatic carbocycles. The minimum absolute atomic E-state index is 0.0573. The van der Waals surface area contributed by atoms with E-state index >= 15 is 0 Å². The largest absolute Gasteiger partial charge is 0.455 e. The molecule has 0 bridgehead atoms. The average molecular weight is 535 g/mol. The normalized spacial score (nSPS) is 15.9. The Hall–Kier alpha value is -4.01. The van der Waals surface area contributed by atoms with Gasteiger partial charge in [0.05, 0.1) is 17.6 Å². The van der Waals surface area contributed by atoms with Gasteiger partial charge < -0.3 is 14.1 Å². The zero-order valence-electron chi connectivity index (χ0n) is 22.0. The maximum atomic E-state index is 14.9. The SMILES string of the molecule is CC(C)(C)OC(=O)N1CCc2ccc3c(=O)c4c(=O)n(-c5cccc(F)c5F)c(C5CCC5)cc4oc3c2C1. The van der Waals surface area contributed by atoms with E-state index in [1.54, 1.807) is 43.9 Å². The van der Waals surface area contributed by atoms with Crippen molar-refractivity contribution in [1.82, 2.24) is 9.47 Å². The summed E-state index contributed by atoms with van der Waals surface area (Å²) in [6.45, 7) is 6.04. The molecule has 0 radical (unpaired) electrons. The molecular formula is C30H28F2N2O5. The highest BCUT2D eigenvalue weighted by Crippen LogP contribution is 2.38. The van der Waals surface area contributed by atoms with Crippen LogP contribution in [0.5, 0.6) is 0 Å². The molecule has 0 unspecified atom stereocenters. The van der Waals surface area contributed by atoms with Crippen LogP contribution in [0.2, 0.25) is 0 Å². The zero-order valence-corrected chi connectivity index (χ0v) is 22.0. The van der Waals surface area contributed by atoms with Crippen molar-refractivity contribution >= 4 is 28.0 Å². The summed E-state index contributed by atoms with van der Waals surface area (Å²) >= 11 is 0. The van der Waals surface area contributed by atoms with Crippen LogP contribution < -0.4 is 11.0 Å². The number of carbonyl (C=O) groups is 1. The first-order valence-electron chi connectivity index (χ1n) is 13.1. The number of pyridine rings is 1. The summed E-state index contributed by atoms with van der Waals surface area (Å²) < 4.78 is 42.0. The molecule has 0 saturated heterocycles. The Morgan fingerprint density at radius 2 is 1.87 bits per heavy atom. The van der Waals surface area contributed by atoms with Crippen molar-refractivity contribution in [2.45, 2.75) is 64.5 Å². The Kier molecular flexibility index (Phi) is 5.86. The van der Waals surface area contributed by atoms with Gasteiger partial charge in [-0.05, 0) is 69.7 Å². The minimum atomic E-state index is -1.15. The van der Waals surface area contributed by atoms with E-state index in [0.29, 0.717) is 29.8 Å². The van der Waals surface area contributed by atoms with Crippen LogP contribution in [0.15, 0.2) is 50.4 Å². The number of hydrogen-bond donors (Lipinski definition) is 0. The van der Waals surface area contributed by atoms with Crippen molar-refractivity contribution in [3.8, 4) is 5.69 Å². The number of ether oxygens (including phenoxy) is 1. The van der Waals surface area contributed by atoms with Gasteiger partial charge in [-0.1, -0.05) is 18.6 Å². The van der Waals surface area contributed by atoms with E-state index in [4.69, 9.17) is 9.15 Å². The second kappa shape index (κ2) is 9.03. The molecule has 7 nitrogen and oxygen atoms in total. The van der Waals surface area contributed by atoms with Gasteiger partial charge in [-0.3, -0.25) is 14.2 Å². The van der Waals surface area contributed by atoms with E-state index in [2.05, 4.69) is 0 Å². The number of amides is 1. The molecule has 1 saturated carbocycles. The summed E-state index contributed by atoms with van der Waals surface area (Å²) in [6.07, 6.45) is 2.60. The molecule has 1 fully saturated rings. The molecule has 2 aromatic heterocycles. The van der Waals surface area contributed by atoms with E-state index in [9.17, 15) is 23.2 Å². The van der Waals surface area contributed by atoms with Crippen molar-refractivity contribution in [3.63, 3.8) is 0 Å². The Bertz CT molecular complexity index is 1780. The highest BCUT2D eigenvalue weighted by molar-refractivity contribution is 5.92. The van der Waals surface area contributed by atoms with Crippen LogP contribution in [0.25, 0.3) is 27.6 Å². The fourth-order valence-electron chi connectivity index (χ4n) is 5.44. The molecule has 39 heavy (non-hydrogen) atoms. The topological polar surface area (TPSA) is 81.8 Å². The lowest BCUT2D eigenvalue weighted by atomic mass is 9.82. The molecule has 0 N–H and O–H groups in total. The second-order valence-electron chi connectivity index (χ2n) is 11.3. The summed E-state index contributed by atoms with van der Waals surface area (Å²) in [5.41, 5.74) is 0.322. The van der Waals surface area contributed by atoms with Crippen molar-refractivity contribution in [3.05, 3.63) is 85.4 Å². The maximum absolute atomic E-state index is 14.9. The lowest BCUT2D eigenvalue weighted by molar-refractivity contribution is 0.0224. The summed E-state index contributed by atoms with van der Waals surface area (Å²) in [5.74, 6) is -2.29. The third kappa shape index (κ3) is 4.20. The third-order valence-electron chi connectivity index (χ3n) is 7.59. The van der Waals surface area contributed by atoms with Gasteiger partial charge in [0.25, 0.3) is 5.56 Å². The van der Waals surface area contributed by atoms with E-state index in [-0.39, 0.29) is 34.5 Å². The zero-order chi connectivity index (χ0) is 27.6. The Labute approximate surface area is 222 Å². The smallest absolute Gasteiger partial charge is 0.410 e. The number of benzene rings is 2. The lowest BCUT2D eigenvalue weighted by Gasteiger charge is -2.31. The van der Waals surface area contributed by atoms with Gasteiger partial charge in [0.2, 0.25) is 5.43 Å². The first kappa shape index (κ1) is 25.3. The number of fused-ring (bicyclic) bond motifs is 4. The van der Waals surface area contributed by atoms with E-state index in [1.165, 1.54) is 12.1 Å². The molecular weight excluding hydrogens is 506 g/mol. The third-order valence-corrected chi connectivity index (χ3v) is 7.59. The molecule has 1 aliphatic carbocycles. The number of aromatic nitrogens is 1. The number of halogens is 2. The fourth-order valence-corrected chi connectivity index (χ4v) is 5.44. The molecule has 2 aliphatic rings. The minimum Gasteiger partial charge on any atom is -0.455 e. The van der Waals surface area contributed by atoms with Crippen molar-refractivity contribution in [2.24, 2.45) is 0 Å². The van der Waals surface area contributed by atoms with Gasteiger partial charge in [0.1, 0.15) is 22.2 Å². The number of carbonyl (C=O) groups excluding carboxylic acids is 1. The van der Waals surface area contributed by atoms with Gasteiger partial charge >= 0.3 is 6.09 Å². The highest BCUT2D eigenvalue weighted by atomic mass is 19.2. The molecule has 1 aliphatic heterocycles. The van der Waals surface area contributed by atoms with Crippen LogP contribution in [-0.4, -0.2) is 27.7 Å². The second-order valence-corrected chi connectivity index (χ2v) is 11.3. The molecule has 0 spiro atoms. The van der Waals surface area contributed by atoms with Gasteiger partial charge in [-0.2, -0.15) is 0 Å². The van der Waals surface area contributed by atoms with Crippen LogP contribution in [0.4, 0.5) is 13.6 Å². The molecule has 3 heterocycles. The number of hydrogen-bond acceptors (Lipinski definition) is 5. The van der Waals surface area contributed by atoms with Gasteiger partial charge in [-0.25, -0.2) is 13.6 Å². The van der Waals surface area contributed by atoms with Crippen LogP contribution in [0.3, 0.4) is 0 Å². The molecule has 4 aromatic rings. The Morgan fingerprint density at radius 3 is 2.56 bits per heavy atom. The number of nitrogens with zero attached hydrogens (tertiary/aromatic N) is 2. The monoisotopic (exact) mass is 534 g/mol. The van der Waals surface area contributed by atoms with E-state index < -0.39 is 34.3 Å². The first-order chi connectivity index (χ1) is 18.5. The average Bonchev–Trinajstić information content (AvgIpc) is 2.84. The van der Waals surface area contributed by atoms with Crippen LogP contribution >= 0.6 is 0 Å². The standard InChI is InChI=1S/C30H28F2N2O5/c1-30(2,3)39-29(37)33-13-12-16-10-11-18-26(35)24-23(38-27(18)19(16)15-33)14-22(17-6-4-7-17)34(28(24)36)21-9-5-8-20(31)25(21)32/h5,8-11,14,17H,4,6-7,12-13,15H2,1-3H3. The predicted octanol–water partition coefficient (Wildman–Crippen LogP) is 5.94. The Balaban J connectivity index is 1.57. The highest BCUT2D eigenvalue weighted by Gasteiger charge is 2.30. The summed E-state index contributed by atoms with van der Waals surface area (Å²) in [4.78, 5) is 41.9. The quantitative estimate of drug-likeness (QED) is 0.298. The Morgan fingerprint density at radius 1 is 1.10 bits per heavy atom. The van der Waals surface area contributed by atoms with Crippen LogP contribution in [0.1, 0.15) is 62.8 Å². The predicted molar refractivity (Wildman–Crippen MR) is 142 cm³/mol. The lowest BCUT2D eigenvalue weighted by Crippen LogP contribution is -2.40. The summed E-state index contributed by atoms with van der Waals surface area (Å²) in [7, 11) is 0. The van der Waals surface area contributed by atoms with Gasteiger partial charge in [0, 0.05) is 23.9 Å². The van der Waals surface area contributed by atoms with E-state index in [0.717, 1.165) is 35.5 Å². The van der Waals surface area contributed by atoms with Gasteiger partial charge in [-0.15, -0.1) is 0 Å². The molecule has 202 valence electrons. The van der Waals surface area contributed by atoms with Crippen molar-refractivity contribution < 1.29 is 22.7 Å². The first-order valence-corrected chi connectivity index (χ1v) is 13.1. The molecule has 9 heteroatoms. The summed E-state index contributed by atoms with van der Waals surface area (Å²) in [6, 6.07) is 8.69. The van der Waals surface area contributed by atoms with Crippen LogP contribution in [-0.2, 0) is 17.7 Å². The van der Waals surface area contributed by atoms with Crippen molar-refractivity contribution in [2.75, 3.05) is 6.54 Å². The fraction of sp³-hybridized carbons (Fsp3) is 0.367. The molecule has 6 rings (SSSR count). The van der Waals surface area contributed by atoms with Crippen LogP contribution in [0, 0.1) is 11.6 Å². The summed E-state index contributed by atoms with van der Waals surface area (Å²) in [5, 5.41) is -0.0407. The number of rotatable bonds is 2. The molecule has 1 amide bonds.